The quantitative estimate of drug-likeness (QED) is 0.392. The van der Waals surface area contributed by atoms with Crippen molar-refractivity contribution < 1.29 is 17.9 Å². The lowest BCUT2D eigenvalue weighted by molar-refractivity contribution is 0.102. The molecule has 0 atom stereocenters. The number of amides is 1. The van der Waals surface area contributed by atoms with Gasteiger partial charge in [-0.1, -0.05) is 42.5 Å². The van der Waals surface area contributed by atoms with Gasteiger partial charge in [0.1, 0.15) is 11.5 Å². The first-order chi connectivity index (χ1) is 15.5. The number of sulfonamides is 1. The highest BCUT2D eigenvalue weighted by atomic mass is 32.2. The van der Waals surface area contributed by atoms with Crippen LogP contribution in [0.3, 0.4) is 0 Å². The summed E-state index contributed by atoms with van der Waals surface area (Å²) < 4.78 is 33.6. The third kappa shape index (κ3) is 5.33. The minimum atomic E-state index is -3.82. The van der Waals surface area contributed by atoms with Crippen molar-refractivity contribution in [1.82, 2.24) is 0 Å². The van der Waals surface area contributed by atoms with Crippen molar-refractivity contribution in [3.63, 3.8) is 0 Å². The summed E-state index contributed by atoms with van der Waals surface area (Å²) in [6.07, 6.45) is 0. The Morgan fingerprint density at radius 1 is 0.656 bits per heavy atom. The lowest BCUT2D eigenvalue weighted by Crippen LogP contribution is -2.16. The molecule has 0 aromatic heterocycles. The van der Waals surface area contributed by atoms with Crippen molar-refractivity contribution in [3.05, 3.63) is 115 Å². The molecule has 160 valence electrons. The predicted octanol–water partition coefficient (Wildman–Crippen LogP) is 5.53. The molecular weight excluding hydrogens is 424 g/mol. The van der Waals surface area contributed by atoms with Gasteiger partial charge in [-0.3, -0.25) is 9.52 Å². The van der Waals surface area contributed by atoms with Crippen LogP contribution in [0.2, 0.25) is 0 Å². The molecule has 6 nitrogen and oxygen atoms in total. The Kier molecular flexibility index (Phi) is 6.19. The van der Waals surface area contributed by atoms with Crippen LogP contribution in [-0.4, -0.2) is 14.3 Å². The van der Waals surface area contributed by atoms with E-state index in [0.29, 0.717) is 22.9 Å². The molecule has 0 heterocycles. The smallest absolute Gasteiger partial charge is 0.261 e. The molecule has 0 aliphatic rings. The highest BCUT2D eigenvalue weighted by Gasteiger charge is 2.16. The summed E-state index contributed by atoms with van der Waals surface area (Å²) >= 11 is 0. The largest absolute Gasteiger partial charge is 0.457 e. The first-order valence-electron chi connectivity index (χ1n) is 9.82. The van der Waals surface area contributed by atoms with Gasteiger partial charge >= 0.3 is 0 Å². The van der Waals surface area contributed by atoms with Gasteiger partial charge < -0.3 is 10.1 Å². The normalized spacial score (nSPS) is 10.9. The van der Waals surface area contributed by atoms with Gasteiger partial charge in [0.2, 0.25) is 0 Å². The Balaban J connectivity index is 1.45. The van der Waals surface area contributed by atoms with Gasteiger partial charge in [-0.15, -0.1) is 0 Å². The summed E-state index contributed by atoms with van der Waals surface area (Å²) in [4.78, 5) is 12.7. The Labute approximate surface area is 186 Å². The van der Waals surface area contributed by atoms with E-state index in [4.69, 9.17) is 4.74 Å². The summed E-state index contributed by atoms with van der Waals surface area (Å²) in [6.45, 7) is 0. The molecular formula is C25H20N2O4S. The Bertz CT molecular complexity index is 1310. The highest BCUT2D eigenvalue weighted by molar-refractivity contribution is 7.92. The first-order valence-corrected chi connectivity index (χ1v) is 11.3. The summed E-state index contributed by atoms with van der Waals surface area (Å²) in [5.74, 6) is 0.930. The molecule has 1 amide bonds. The molecule has 0 spiro atoms. The van der Waals surface area contributed by atoms with Gasteiger partial charge in [0.15, 0.2) is 0 Å². The van der Waals surface area contributed by atoms with Gasteiger partial charge in [-0.05, 0) is 66.7 Å². The number of carbonyl (C=O) groups is 1. The molecule has 0 saturated carbocycles. The topological polar surface area (TPSA) is 84.5 Å². The first kappa shape index (κ1) is 21.1. The standard InChI is InChI=1S/C25H20N2O4S/c28-25(26-20-14-16-23(17-15-20)31-22-11-5-2-6-12-22)19-8-7-13-24(18-19)32(29,30)27-21-9-3-1-4-10-21/h1-18,27H,(H,26,28). The molecule has 32 heavy (non-hydrogen) atoms. The average molecular weight is 445 g/mol. The fourth-order valence-electron chi connectivity index (χ4n) is 2.96. The van der Waals surface area contributed by atoms with Crippen molar-refractivity contribution >= 4 is 27.3 Å². The van der Waals surface area contributed by atoms with E-state index in [2.05, 4.69) is 10.0 Å². The lowest BCUT2D eigenvalue weighted by atomic mass is 10.2. The van der Waals surface area contributed by atoms with E-state index < -0.39 is 15.9 Å². The number of carbonyl (C=O) groups excluding carboxylic acids is 1. The molecule has 0 unspecified atom stereocenters. The molecule has 0 fully saturated rings. The van der Waals surface area contributed by atoms with E-state index in [9.17, 15) is 13.2 Å². The zero-order valence-electron chi connectivity index (χ0n) is 16.9. The maximum atomic E-state index is 12.7. The number of para-hydroxylation sites is 2. The zero-order valence-corrected chi connectivity index (χ0v) is 17.8. The van der Waals surface area contributed by atoms with E-state index in [-0.39, 0.29) is 10.5 Å². The molecule has 4 aromatic rings. The summed E-state index contributed by atoms with van der Waals surface area (Å²) in [5, 5.41) is 2.77. The maximum Gasteiger partial charge on any atom is 0.261 e. The number of ether oxygens (including phenoxy) is 1. The van der Waals surface area contributed by atoms with Crippen LogP contribution in [0.1, 0.15) is 10.4 Å². The molecule has 0 bridgehead atoms. The Morgan fingerprint density at radius 3 is 1.97 bits per heavy atom. The van der Waals surface area contributed by atoms with Gasteiger partial charge in [0.25, 0.3) is 15.9 Å². The zero-order chi connectivity index (χ0) is 22.4. The van der Waals surface area contributed by atoms with Crippen LogP contribution < -0.4 is 14.8 Å². The highest BCUT2D eigenvalue weighted by Crippen LogP contribution is 2.23. The third-order valence-electron chi connectivity index (χ3n) is 4.52. The van der Waals surface area contributed by atoms with Crippen LogP contribution in [0.25, 0.3) is 0 Å². The molecule has 0 aliphatic heterocycles. The van der Waals surface area contributed by atoms with Gasteiger partial charge in [-0.25, -0.2) is 8.42 Å². The van der Waals surface area contributed by atoms with Crippen molar-refractivity contribution in [2.75, 3.05) is 10.0 Å². The van der Waals surface area contributed by atoms with Gasteiger partial charge in [0.05, 0.1) is 4.90 Å². The minimum Gasteiger partial charge on any atom is -0.457 e. The number of anilines is 2. The van der Waals surface area contributed by atoms with Crippen LogP contribution in [-0.2, 0) is 10.0 Å². The number of benzene rings is 4. The Hall–Kier alpha value is -4.10. The van der Waals surface area contributed by atoms with E-state index in [1.165, 1.54) is 18.2 Å². The molecule has 4 aromatic carbocycles. The second-order valence-electron chi connectivity index (χ2n) is 6.89. The van der Waals surface area contributed by atoms with Crippen molar-refractivity contribution in [2.24, 2.45) is 0 Å². The Morgan fingerprint density at radius 2 is 1.28 bits per heavy atom. The van der Waals surface area contributed by atoms with Crippen molar-refractivity contribution in [2.45, 2.75) is 4.90 Å². The molecule has 0 aliphatic carbocycles. The van der Waals surface area contributed by atoms with Crippen LogP contribution in [0, 0.1) is 0 Å². The van der Waals surface area contributed by atoms with Gasteiger partial charge in [0, 0.05) is 16.9 Å². The molecule has 0 radical (unpaired) electrons. The SMILES string of the molecule is O=C(Nc1ccc(Oc2ccccc2)cc1)c1cccc(S(=O)(=O)Nc2ccccc2)c1. The average Bonchev–Trinajstić information content (AvgIpc) is 2.81. The van der Waals surface area contributed by atoms with Crippen molar-refractivity contribution in [3.8, 4) is 11.5 Å². The number of nitrogens with one attached hydrogen (secondary N) is 2. The van der Waals surface area contributed by atoms with E-state index >= 15 is 0 Å². The summed E-state index contributed by atoms with van der Waals surface area (Å²) in [5.41, 5.74) is 1.23. The van der Waals surface area contributed by atoms with Gasteiger partial charge in [-0.2, -0.15) is 0 Å². The van der Waals surface area contributed by atoms with Crippen LogP contribution in [0.15, 0.2) is 114 Å². The lowest BCUT2D eigenvalue weighted by Gasteiger charge is -2.10. The fraction of sp³-hybridized carbons (Fsp3) is 0. The van der Waals surface area contributed by atoms with Crippen LogP contribution in [0.5, 0.6) is 11.5 Å². The molecule has 7 heteroatoms. The third-order valence-corrected chi connectivity index (χ3v) is 5.90. The summed E-state index contributed by atoms with van der Waals surface area (Å²) in [6, 6.07) is 30.7. The maximum absolute atomic E-state index is 12.7. The summed E-state index contributed by atoms with van der Waals surface area (Å²) in [7, 11) is -3.82. The van der Waals surface area contributed by atoms with Crippen molar-refractivity contribution in [1.29, 1.82) is 0 Å². The molecule has 2 N–H and O–H groups in total. The molecule has 0 saturated heterocycles. The molecule has 4 rings (SSSR count). The minimum absolute atomic E-state index is 0.000567. The second kappa shape index (κ2) is 9.36. The van der Waals surface area contributed by atoms with Crippen LogP contribution in [0.4, 0.5) is 11.4 Å². The second-order valence-corrected chi connectivity index (χ2v) is 8.58. The fourth-order valence-corrected chi connectivity index (χ4v) is 4.06. The van der Waals surface area contributed by atoms with Crippen LogP contribution >= 0.6 is 0 Å². The number of hydrogen-bond donors (Lipinski definition) is 2. The van der Waals surface area contributed by atoms with E-state index in [0.717, 1.165) is 0 Å². The van der Waals surface area contributed by atoms with E-state index in [1.54, 1.807) is 60.7 Å². The number of hydrogen-bond acceptors (Lipinski definition) is 4. The number of rotatable bonds is 7. The monoisotopic (exact) mass is 444 g/mol. The predicted molar refractivity (Wildman–Crippen MR) is 125 cm³/mol. The van der Waals surface area contributed by atoms with E-state index in [1.807, 2.05) is 30.3 Å².